The highest BCUT2D eigenvalue weighted by atomic mass is 35.5. The zero-order valence-corrected chi connectivity index (χ0v) is 12.5. The number of hydrogen-bond donors (Lipinski definition) is 0. The van der Waals surface area contributed by atoms with E-state index in [1.54, 1.807) is 0 Å². The lowest BCUT2D eigenvalue weighted by Gasteiger charge is -2.22. The van der Waals surface area contributed by atoms with Crippen molar-refractivity contribution in [3.05, 3.63) is 34.5 Å². The van der Waals surface area contributed by atoms with Gasteiger partial charge in [-0.2, -0.15) is 0 Å². The number of carbonyl (C=O) groups is 1. The van der Waals surface area contributed by atoms with Gasteiger partial charge in [-0.05, 0) is 49.9 Å². The van der Waals surface area contributed by atoms with Crippen LogP contribution in [-0.4, -0.2) is 17.1 Å². The third kappa shape index (κ3) is 2.01. The molecule has 1 atom stereocenters. The smallest absolute Gasteiger partial charge is 0.313 e. The Kier molecular flexibility index (Phi) is 3.47. The average Bonchev–Trinajstić information content (AvgIpc) is 2.72. The zero-order valence-electron chi connectivity index (χ0n) is 11.8. The van der Waals surface area contributed by atoms with Crippen molar-refractivity contribution < 1.29 is 9.53 Å². The normalized spacial score (nSPS) is 18.1. The van der Waals surface area contributed by atoms with E-state index < -0.39 is 0 Å². The first-order valence-electron chi connectivity index (χ1n) is 7.06. The Balaban J connectivity index is 2.21. The Morgan fingerprint density at radius 3 is 3.05 bits per heavy atom. The molecule has 0 bridgehead atoms. The van der Waals surface area contributed by atoms with Gasteiger partial charge in [0, 0.05) is 28.7 Å². The molecular weight excluding hydrogens is 274 g/mol. The van der Waals surface area contributed by atoms with E-state index in [-0.39, 0.29) is 11.9 Å². The number of aromatic nitrogens is 1. The first-order chi connectivity index (χ1) is 9.63. The van der Waals surface area contributed by atoms with Gasteiger partial charge in [0.1, 0.15) is 0 Å². The number of benzene rings is 1. The van der Waals surface area contributed by atoms with E-state index in [4.69, 9.17) is 16.3 Å². The van der Waals surface area contributed by atoms with Gasteiger partial charge in [0.15, 0.2) is 0 Å². The van der Waals surface area contributed by atoms with Crippen molar-refractivity contribution in [2.45, 2.75) is 32.1 Å². The second kappa shape index (κ2) is 5.13. The Morgan fingerprint density at radius 2 is 2.30 bits per heavy atom. The minimum atomic E-state index is -0.152. The molecule has 3 rings (SSSR count). The predicted octanol–water partition coefficient (Wildman–Crippen LogP) is 3.81. The number of carbonyl (C=O) groups excluding carboxylic acids is 1. The summed E-state index contributed by atoms with van der Waals surface area (Å²) in [5.41, 5.74) is 3.50. The Labute approximate surface area is 123 Å². The topological polar surface area (TPSA) is 31.2 Å². The lowest BCUT2D eigenvalue weighted by molar-refractivity contribution is -0.145. The van der Waals surface area contributed by atoms with Gasteiger partial charge in [-0.15, -0.1) is 0 Å². The molecule has 0 amide bonds. The molecule has 1 aromatic heterocycles. The summed E-state index contributed by atoms with van der Waals surface area (Å²) in [6.07, 6.45) is 2.89. The maximum absolute atomic E-state index is 12.2. The van der Waals surface area contributed by atoms with Crippen LogP contribution in [0.25, 0.3) is 10.9 Å². The summed E-state index contributed by atoms with van der Waals surface area (Å²) in [5.74, 6) is -0.262. The van der Waals surface area contributed by atoms with Gasteiger partial charge in [0.05, 0.1) is 12.5 Å². The maximum atomic E-state index is 12.2. The monoisotopic (exact) mass is 291 g/mol. The minimum absolute atomic E-state index is 0.110. The number of fused-ring (bicyclic) bond motifs is 3. The molecule has 1 heterocycles. The van der Waals surface area contributed by atoms with Crippen molar-refractivity contribution in [3.8, 4) is 0 Å². The summed E-state index contributed by atoms with van der Waals surface area (Å²) in [4.78, 5) is 12.2. The van der Waals surface area contributed by atoms with Crippen molar-refractivity contribution in [3.63, 3.8) is 0 Å². The summed E-state index contributed by atoms with van der Waals surface area (Å²) in [6, 6.07) is 5.89. The van der Waals surface area contributed by atoms with E-state index in [9.17, 15) is 4.79 Å². The quantitative estimate of drug-likeness (QED) is 0.788. The van der Waals surface area contributed by atoms with Crippen LogP contribution in [0.3, 0.4) is 0 Å². The molecule has 1 aliphatic rings. The van der Waals surface area contributed by atoms with Gasteiger partial charge < -0.3 is 9.30 Å². The third-order valence-electron chi connectivity index (χ3n) is 4.15. The Bertz CT molecular complexity index is 675. The van der Waals surface area contributed by atoms with Gasteiger partial charge in [-0.3, -0.25) is 4.79 Å². The molecule has 1 unspecified atom stereocenters. The maximum Gasteiger partial charge on any atom is 0.313 e. The summed E-state index contributed by atoms with van der Waals surface area (Å²) in [6.45, 7) is 2.28. The van der Waals surface area contributed by atoms with Gasteiger partial charge in [-0.1, -0.05) is 11.6 Å². The molecule has 106 valence electrons. The number of halogens is 1. The van der Waals surface area contributed by atoms with Crippen molar-refractivity contribution in [1.29, 1.82) is 0 Å². The fraction of sp³-hybridized carbons (Fsp3) is 0.438. The van der Waals surface area contributed by atoms with Crippen LogP contribution in [0.4, 0.5) is 0 Å². The highest BCUT2D eigenvalue weighted by Gasteiger charge is 2.32. The number of rotatable bonds is 2. The Hall–Kier alpha value is -1.48. The first-order valence-corrected chi connectivity index (χ1v) is 7.44. The van der Waals surface area contributed by atoms with E-state index in [1.807, 2.05) is 25.1 Å². The molecule has 0 spiro atoms. The van der Waals surface area contributed by atoms with Crippen LogP contribution in [-0.2, 0) is 23.0 Å². The van der Waals surface area contributed by atoms with Gasteiger partial charge >= 0.3 is 5.97 Å². The van der Waals surface area contributed by atoms with Crippen LogP contribution in [0.15, 0.2) is 18.2 Å². The number of aryl methyl sites for hydroxylation is 1. The lowest BCUT2D eigenvalue weighted by atomic mass is 9.85. The van der Waals surface area contributed by atoms with Crippen LogP contribution in [0.2, 0.25) is 5.02 Å². The molecule has 0 saturated carbocycles. The number of ether oxygens (including phenoxy) is 1. The molecule has 4 heteroatoms. The fourth-order valence-electron chi connectivity index (χ4n) is 3.29. The van der Waals surface area contributed by atoms with Gasteiger partial charge in [0.2, 0.25) is 0 Å². The summed E-state index contributed by atoms with van der Waals surface area (Å²) < 4.78 is 7.43. The zero-order chi connectivity index (χ0) is 14.3. The molecule has 1 aromatic carbocycles. The summed E-state index contributed by atoms with van der Waals surface area (Å²) >= 11 is 6.13. The molecule has 0 N–H and O–H groups in total. The standard InChI is InChI=1S/C16H18ClNO2/c1-3-20-16(19)11-5-4-6-14-15(11)12-9-10(17)7-8-13(12)18(14)2/h7-9,11H,3-6H2,1-2H3. The van der Waals surface area contributed by atoms with Crippen LogP contribution in [0, 0.1) is 0 Å². The number of hydrogen-bond acceptors (Lipinski definition) is 2. The highest BCUT2D eigenvalue weighted by molar-refractivity contribution is 6.31. The SMILES string of the molecule is CCOC(=O)C1CCCc2c1c1cc(Cl)ccc1n2C. The van der Waals surface area contributed by atoms with Crippen molar-refractivity contribution in [2.24, 2.45) is 7.05 Å². The van der Waals surface area contributed by atoms with Crippen LogP contribution in [0.5, 0.6) is 0 Å². The van der Waals surface area contributed by atoms with E-state index in [1.165, 1.54) is 5.69 Å². The third-order valence-corrected chi connectivity index (χ3v) is 4.39. The lowest BCUT2D eigenvalue weighted by Crippen LogP contribution is -2.21. The minimum Gasteiger partial charge on any atom is -0.466 e. The van der Waals surface area contributed by atoms with Crippen LogP contribution >= 0.6 is 11.6 Å². The largest absolute Gasteiger partial charge is 0.466 e. The fourth-order valence-corrected chi connectivity index (χ4v) is 3.46. The van der Waals surface area contributed by atoms with Crippen molar-refractivity contribution in [2.75, 3.05) is 6.61 Å². The highest BCUT2D eigenvalue weighted by Crippen LogP contribution is 2.40. The van der Waals surface area contributed by atoms with E-state index >= 15 is 0 Å². The summed E-state index contributed by atoms with van der Waals surface area (Å²) in [5, 5.41) is 1.80. The van der Waals surface area contributed by atoms with Crippen molar-refractivity contribution >= 4 is 28.5 Å². The van der Waals surface area contributed by atoms with E-state index in [0.717, 1.165) is 35.7 Å². The number of esters is 1. The molecule has 0 fully saturated rings. The van der Waals surface area contributed by atoms with E-state index in [0.29, 0.717) is 11.6 Å². The first kappa shape index (κ1) is 13.5. The van der Waals surface area contributed by atoms with Gasteiger partial charge in [0.25, 0.3) is 0 Å². The second-order valence-electron chi connectivity index (χ2n) is 5.28. The van der Waals surface area contributed by atoms with Crippen LogP contribution in [0.1, 0.15) is 36.9 Å². The number of nitrogens with zero attached hydrogens (tertiary/aromatic N) is 1. The molecule has 20 heavy (non-hydrogen) atoms. The molecule has 2 aromatic rings. The molecule has 3 nitrogen and oxygen atoms in total. The second-order valence-corrected chi connectivity index (χ2v) is 5.71. The molecular formula is C16H18ClNO2. The predicted molar refractivity (Wildman–Crippen MR) is 80.2 cm³/mol. The average molecular weight is 292 g/mol. The van der Waals surface area contributed by atoms with Crippen molar-refractivity contribution in [1.82, 2.24) is 4.57 Å². The molecule has 1 aliphatic carbocycles. The molecule has 0 saturated heterocycles. The summed E-state index contributed by atoms with van der Waals surface area (Å²) in [7, 11) is 2.06. The van der Waals surface area contributed by atoms with Crippen LogP contribution < -0.4 is 0 Å². The van der Waals surface area contributed by atoms with E-state index in [2.05, 4.69) is 11.6 Å². The molecule has 0 aliphatic heterocycles. The Morgan fingerprint density at radius 1 is 1.50 bits per heavy atom. The molecule has 0 radical (unpaired) electrons. The van der Waals surface area contributed by atoms with Gasteiger partial charge in [-0.25, -0.2) is 0 Å².